The van der Waals surface area contributed by atoms with Crippen LogP contribution in [0.2, 0.25) is 0 Å². The van der Waals surface area contributed by atoms with Crippen molar-refractivity contribution in [1.29, 1.82) is 0 Å². The van der Waals surface area contributed by atoms with Gasteiger partial charge in [-0.25, -0.2) is 0 Å². The molecular formula is C16H26N3O3+. The molecule has 122 valence electrons. The van der Waals surface area contributed by atoms with E-state index in [4.69, 9.17) is 4.74 Å². The Morgan fingerprint density at radius 2 is 1.86 bits per heavy atom. The summed E-state index contributed by atoms with van der Waals surface area (Å²) in [6.07, 6.45) is 0. The van der Waals surface area contributed by atoms with Gasteiger partial charge in [0.1, 0.15) is 18.9 Å². The van der Waals surface area contributed by atoms with Crippen molar-refractivity contribution >= 4 is 11.8 Å². The average Bonchev–Trinajstić information content (AvgIpc) is 2.45. The van der Waals surface area contributed by atoms with Crippen molar-refractivity contribution in [2.45, 2.75) is 19.9 Å². The summed E-state index contributed by atoms with van der Waals surface area (Å²) in [6, 6.07) is 9.64. The van der Waals surface area contributed by atoms with Gasteiger partial charge in [0.2, 0.25) is 5.91 Å². The standard InChI is InChI=1S/C16H25N3O3/c1-13(2)18-15(20)11-17-16(21)12-19(3)9-10-22-14-7-5-4-6-8-14/h4-8,13H,9-12H2,1-3H3,(H,17,21)(H,18,20)/p+1. The summed E-state index contributed by atoms with van der Waals surface area (Å²) in [4.78, 5) is 24.2. The van der Waals surface area contributed by atoms with Crippen molar-refractivity contribution in [2.75, 3.05) is 33.3 Å². The Balaban J connectivity index is 2.14. The molecule has 0 aliphatic carbocycles. The minimum absolute atomic E-state index is 0.0187. The molecule has 1 aromatic rings. The summed E-state index contributed by atoms with van der Waals surface area (Å²) in [7, 11) is 1.92. The van der Waals surface area contributed by atoms with Crippen LogP contribution in [0, 0.1) is 0 Å². The number of amides is 2. The molecule has 0 fully saturated rings. The van der Waals surface area contributed by atoms with E-state index < -0.39 is 0 Å². The van der Waals surface area contributed by atoms with Gasteiger partial charge in [0, 0.05) is 6.04 Å². The smallest absolute Gasteiger partial charge is 0.275 e. The zero-order valence-electron chi connectivity index (χ0n) is 13.5. The van der Waals surface area contributed by atoms with E-state index in [0.717, 1.165) is 10.6 Å². The molecular weight excluding hydrogens is 282 g/mol. The average molecular weight is 308 g/mol. The molecule has 0 aliphatic heterocycles. The van der Waals surface area contributed by atoms with Crippen LogP contribution in [0.3, 0.4) is 0 Å². The number of para-hydroxylation sites is 1. The Bertz CT molecular complexity index is 463. The van der Waals surface area contributed by atoms with Crippen LogP contribution in [-0.4, -0.2) is 51.1 Å². The van der Waals surface area contributed by atoms with Crippen molar-refractivity contribution in [3.63, 3.8) is 0 Å². The first-order chi connectivity index (χ1) is 10.5. The number of carbonyl (C=O) groups excluding carboxylic acids is 2. The highest BCUT2D eigenvalue weighted by molar-refractivity contribution is 5.85. The number of rotatable bonds is 9. The van der Waals surface area contributed by atoms with Gasteiger partial charge in [-0.05, 0) is 26.0 Å². The number of ether oxygens (including phenoxy) is 1. The van der Waals surface area contributed by atoms with Crippen LogP contribution in [0.25, 0.3) is 0 Å². The molecule has 3 N–H and O–H groups in total. The Kier molecular flexibility index (Phi) is 7.99. The van der Waals surface area contributed by atoms with Crippen LogP contribution in [-0.2, 0) is 9.59 Å². The number of hydrogen-bond donors (Lipinski definition) is 3. The van der Waals surface area contributed by atoms with Crippen LogP contribution in [0.15, 0.2) is 30.3 Å². The van der Waals surface area contributed by atoms with Gasteiger partial charge in [0.05, 0.1) is 13.6 Å². The second kappa shape index (κ2) is 9.78. The molecule has 0 heterocycles. The van der Waals surface area contributed by atoms with Gasteiger partial charge in [-0.3, -0.25) is 9.59 Å². The Labute approximate surface area is 131 Å². The second-order valence-electron chi connectivity index (χ2n) is 5.54. The monoisotopic (exact) mass is 308 g/mol. The summed E-state index contributed by atoms with van der Waals surface area (Å²) >= 11 is 0. The fourth-order valence-electron chi connectivity index (χ4n) is 1.84. The largest absolute Gasteiger partial charge is 0.488 e. The van der Waals surface area contributed by atoms with Gasteiger partial charge < -0.3 is 20.3 Å². The van der Waals surface area contributed by atoms with Crippen molar-refractivity contribution in [2.24, 2.45) is 0 Å². The maximum atomic E-state index is 11.7. The summed E-state index contributed by atoms with van der Waals surface area (Å²) in [6.45, 7) is 5.34. The van der Waals surface area contributed by atoms with Crippen LogP contribution < -0.4 is 20.3 Å². The molecule has 0 aliphatic rings. The number of carbonyl (C=O) groups is 2. The van der Waals surface area contributed by atoms with E-state index in [-0.39, 0.29) is 24.4 Å². The van der Waals surface area contributed by atoms with Crippen molar-refractivity contribution in [3.8, 4) is 5.75 Å². The van der Waals surface area contributed by atoms with Crippen LogP contribution in [0.5, 0.6) is 5.75 Å². The topological polar surface area (TPSA) is 71.9 Å². The highest BCUT2D eigenvalue weighted by atomic mass is 16.5. The lowest BCUT2D eigenvalue weighted by molar-refractivity contribution is -0.871. The molecule has 1 atom stereocenters. The fourth-order valence-corrected chi connectivity index (χ4v) is 1.84. The van der Waals surface area contributed by atoms with Gasteiger partial charge in [-0.2, -0.15) is 0 Å². The molecule has 0 saturated carbocycles. The normalized spacial score (nSPS) is 11.8. The van der Waals surface area contributed by atoms with Gasteiger partial charge >= 0.3 is 0 Å². The third-order valence-corrected chi connectivity index (χ3v) is 2.90. The zero-order valence-corrected chi connectivity index (χ0v) is 13.5. The summed E-state index contributed by atoms with van der Waals surface area (Å²) in [5.74, 6) is 0.509. The number of benzene rings is 1. The summed E-state index contributed by atoms with van der Waals surface area (Å²) in [5.41, 5.74) is 0. The van der Waals surface area contributed by atoms with Crippen LogP contribution in [0.1, 0.15) is 13.8 Å². The molecule has 0 bridgehead atoms. The Morgan fingerprint density at radius 1 is 1.18 bits per heavy atom. The Hall–Kier alpha value is -2.08. The van der Waals surface area contributed by atoms with E-state index in [9.17, 15) is 9.59 Å². The molecule has 0 radical (unpaired) electrons. The maximum absolute atomic E-state index is 11.7. The van der Waals surface area contributed by atoms with Gasteiger partial charge in [-0.15, -0.1) is 0 Å². The van der Waals surface area contributed by atoms with E-state index in [1.165, 1.54) is 0 Å². The van der Waals surface area contributed by atoms with Crippen LogP contribution >= 0.6 is 0 Å². The van der Waals surface area contributed by atoms with E-state index in [2.05, 4.69) is 10.6 Å². The zero-order chi connectivity index (χ0) is 16.4. The molecule has 2 amide bonds. The number of hydrogen-bond acceptors (Lipinski definition) is 3. The lowest BCUT2D eigenvalue weighted by Gasteiger charge is -2.14. The SMILES string of the molecule is CC(C)NC(=O)CNC(=O)C[NH+](C)CCOc1ccccc1. The highest BCUT2D eigenvalue weighted by Crippen LogP contribution is 2.06. The molecule has 0 aromatic heterocycles. The van der Waals surface area contributed by atoms with E-state index >= 15 is 0 Å². The third-order valence-electron chi connectivity index (χ3n) is 2.90. The molecule has 22 heavy (non-hydrogen) atoms. The predicted molar refractivity (Wildman–Crippen MR) is 84.8 cm³/mol. The minimum Gasteiger partial charge on any atom is -0.488 e. The first kappa shape index (κ1) is 18.0. The van der Waals surface area contributed by atoms with E-state index in [1.54, 1.807) is 0 Å². The van der Waals surface area contributed by atoms with Crippen molar-refractivity contribution < 1.29 is 19.2 Å². The number of likely N-dealkylation sites (N-methyl/N-ethyl adjacent to an activating group) is 1. The second-order valence-corrected chi connectivity index (χ2v) is 5.54. The summed E-state index contributed by atoms with van der Waals surface area (Å²) in [5, 5.41) is 5.34. The van der Waals surface area contributed by atoms with Crippen molar-refractivity contribution in [3.05, 3.63) is 30.3 Å². The molecule has 6 heteroatoms. The highest BCUT2D eigenvalue weighted by Gasteiger charge is 2.11. The maximum Gasteiger partial charge on any atom is 0.275 e. The molecule has 1 aromatic carbocycles. The van der Waals surface area contributed by atoms with Gasteiger partial charge in [0.25, 0.3) is 5.91 Å². The third kappa shape index (κ3) is 8.26. The van der Waals surface area contributed by atoms with E-state index in [0.29, 0.717) is 19.7 Å². The molecule has 1 rings (SSSR count). The Morgan fingerprint density at radius 3 is 2.50 bits per heavy atom. The molecule has 6 nitrogen and oxygen atoms in total. The van der Waals surface area contributed by atoms with Crippen molar-refractivity contribution in [1.82, 2.24) is 10.6 Å². The lowest BCUT2D eigenvalue weighted by atomic mass is 10.3. The number of quaternary nitrogens is 1. The quantitative estimate of drug-likeness (QED) is 0.560. The molecule has 0 spiro atoms. The fraction of sp³-hybridized carbons (Fsp3) is 0.500. The first-order valence-corrected chi connectivity index (χ1v) is 7.52. The number of nitrogens with one attached hydrogen (secondary N) is 3. The van der Waals surface area contributed by atoms with Crippen LogP contribution in [0.4, 0.5) is 0 Å². The minimum atomic E-state index is -0.173. The molecule has 0 saturated heterocycles. The van der Waals surface area contributed by atoms with Gasteiger partial charge in [-0.1, -0.05) is 18.2 Å². The lowest BCUT2D eigenvalue weighted by Crippen LogP contribution is -3.10. The van der Waals surface area contributed by atoms with Gasteiger partial charge in [0.15, 0.2) is 6.54 Å². The first-order valence-electron chi connectivity index (χ1n) is 7.52. The van der Waals surface area contributed by atoms with E-state index in [1.807, 2.05) is 51.2 Å². The predicted octanol–water partition coefficient (Wildman–Crippen LogP) is -0.779. The summed E-state index contributed by atoms with van der Waals surface area (Å²) < 4.78 is 5.58. The molecule has 1 unspecified atom stereocenters.